The smallest absolute Gasteiger partial charge is 0.330 e. The van der Waals surface area contributed by atoms with Crippen LogP contribution in [0.1, 0.15) is 20.3 Å². The summed E-state index contributed by atoms with van der Waals surface area (Å²) in [6.07, 6.45) is 4.06. The van der Waals surface area contributed by atoms with Gasteiger partial charge in [-0.2, -0.15) is 0 Å². The fourth-order valence-electron chi connectivity index (χ4n) is 0.720. The highest BCUT2D eigenvalue weighted by Crippen LogP contribution is 2.05. The lowest BCUT2D eigenvalue weighted by Gasteiger charge is -2.13. The monoisotopic (exact) mass is 171 g/mol. The Labute approximate surface area is 73.6 Å². The third-order valence-electron chi connectivity index (χ3n) is 1.96. The molecule has 12 heavy (non-hydrogen) atoms. The first-order valence-electron chi connectivity index (χ1n) is 4.13. The molecule has 2 N–H and O–H groups in total. The minimum absolute atomic E-state index is 0.0610. The van der Waals surface area contributed by atoms with Gasteiger partial charge >= 0.3 is 5.97 Å². The highest BCUT2D eigenvalue weighted by molar-refractivity contribution is 5.81. The molecule has 2 unspecified atom stereocenters. The average molecular weight is 171 g/mol. The van der Waals surface area contributed by atoms with Crippen LogP contribution < -0.4 is 5.73 Å². The number of ether oxygens (including phenoxy) is 1. The Bertz CT molecular complexity index is 166. The second-order valence-electron chi connectivity index (χ2n) is 2.85. The van der Waals surface area contributed by atoms with Gasteiger partial charge in [-0.05, 0) is 5.92 Å². The van der Waals surface area contributed by atoms with Crippen molar-refractivity contribution in [3.05, 3.63) is 12.2 Å². The lowest BCUT2D eigenvalue weighted by atomic mass is 10.00. The van der Waals surface area contributed by atoms with E-state index in [1.807, 2.05) is 6.92 Å². The van der Waals surface area contributed by atoms with Gasteiger partial charge in [0.15, 0.2) is 0 Å². The van der Waals surface area contributed by atoms with Crippen LogP contribution in [-0.2, 0) is 9.53 Å². The number of nitrogens with two attached hydrogens (primary N) is 1. The predicted molar refractivity (Wildman–Crippen MR) is 48.6 cm³/mol. The molecule has 0 heterocycles. The van der Waals surface area contributed by atoms with Gasteiger partial charge < -0.3 is 10.5 Å². The minimum atomic E-state index is -0.353. The van der Waals surface area contributed by atoms with Crippen LogP contribution in [0.4, 0.5) is 0 Å². The van der Waals surface area contributed by atoms with Gasteiger partial charge in [0.1, 0.15) is 0 Å². The van der Waals surface area contributed by atoms with E-state index in [1.54, 1.807) is 6.08 Å². The fourth-order valence-corrected chi connectivity index (χ4v) is 0.720. The number of rotatable bonds is 4. The number of carbonyl (C=O) groups is 1. The summed E-state index contributed by atoms with van der Waals surface area (Å²) in [6.45, 7) is 4.11. The molecule has 3 nitrogen and oxygen atoms in total. The predicted octanol–water partition coefficient (Wildman–Crippen LogP) is 1.09. The van der Waals surface area contributed by atoms with E-state index in [0.717, 1.165) is 6.42 Å². The maximum absolute atomic E-state index is 10.7. The number of carbonyl (C=O) groups excluding carboxylic acids is 1. The number of hydrogen-bond acceptors (Lipinski definition) is 3. The molecule has 0 spiro atoms. The molecule has 0 saturated heterocycles. The summed E-state index contributed by atoms with van der Waals surface area (Å²) in [6, 6.07) is -0.0610. The molecule has 0 aliphatic rings. The topological polar surface area (TPSA) is 52.3 Å². The lowest BCUT2D eigenvalue weighted by Crippen LogP contribution is -2.25. The summed E-state index contributed by atoms with van der Waals surface area (Å²) in [5.41, 5.74) is 5.74. The van der Waals surface area contributed by atoms with Crippen molar-refractivity contribution in [1.29, 1.82) is 0 Å². The van der Waals surface area contributed by atoms with Crippen molar-refractivity contribution in [2.45, 2.75) is 26.3 Å². The zero-order valence-electron chi connectivity index (χ0n) is 7.91. The molecule has 0 radical (unpaired) electrons. The summed E-state index contributed by atoms with van der Waals surface area (Å²) in [5.74, 6) is 0.0414. The SMILES string of the molecule is CCC(C)C(N)C=CC(=O)OC. The van der Waals surface area contributed by atoms with Gasteiger partial charge in [-0.1, -0.05) is 26.3 Å². The Balaban J connectivity index is 3.90. The maximum atomic E-state index is 10.7. The number of methoxy groups -OCH3 is 1. The summed E-state index contributed by atoms with van der Waals surface area (Å²) >= 11 is 0. The highest BCUT2D eigenvalue weighted by atomic mass is 16.5. The van der Waals surface area contributed by atoms with E-state index in [4.69, 9.17) is 5.73 Å². The van der Waals surface area contributed by atoms with Gasteiger partial charge in [0.05, 0.1) is 7.11 Å². The molecule has 3 heteroatoms. The van der Waals surface area contributed by atoms with E-state index in [1.165, 1.54) is 13.2 Å². The molecule has 70 valence electrons. The van der Waals surface area contributed by atoms with Gasteiger partial charge in [-0.3, -0.25) is 0 Å². The van der Waals surface area contributed by atoms with Crippen molar-refractivity contribution in [2.75, 3.05) is 7.11 Å². The summed E-state index contributed by atoms with van der Waals surface area (Å²) in [4.78, 5) is 10.7. The second kappa shape index (κ2) is 5.77. The van der Waals surface area contributed by atoms with E-state index < -0.39 is 0 Å². The van der Waals surface area contributed by atoms with Gasteiger partial charge in [0, 0.05) is 12.1 Å². The Kier molecular flexibility index (Phi) is 5.37. The molecule has 0 saturated carbocycles. The van der Waals surface area contributed by atoms with Crippen LogP contribution in [-0.4, -0.2) is 19.1 Å². The van der Waals surface area contributed by atoms with Crippen LogP contribution in [0.25, 0.3) is 0 Å². The van der Waals surface area contributed by atoms with Gasteiger partial charge in [0.2, 0.25) is 0 Å². The van der Waals surface area contributed by atoms with Crippen LogP contribution in [0.2, 0.25) is 0 Å². The van der Waals surface area contributed by atoms with Crippen LogP contribution in [0.15, 0.2) is 12.2 Å². The summed E-state index contributed by atoms with van der Waals surface area (Å²) in [7, 11) is 1.35. The largest absolute Gasteiger partial charge is 0.466 e. The molecular weight excluding hydrogens is 154 g/mol. The Hall–Kier alpha value is -0.830. The Morgan fingerprint density at radius 2 is 2.25 bits per heavy atom. The van der Waals surface area contributed by atoms with E-state index >= 15 is 0 Å². The zero-order valence-corrected chi connectivity index (χ0v) is 7.91. The van der Waals surface area contributed by atoms with E-state index in [9.17, 15) is 4.79 Å². The third-order valence-corrected chi connectivity index (χ3v) is 1.96. The van der Waals surface area contributed by atoms with Gasteiger partial charge in [0.25, 0.3) is 0 Å². The van der Waals surface area contributed by atoms with E-state index in [-0.39, 0.29) is 12.0 Å². The molecular formula is C9H17NO2. The molecule has 0 aromatic heterocycles. The second-order valence-corrected chi connectivity index (χ2v) is 2.85. The average Bonchev–Trinajstić information content (AvgIpc) is 2.11. The van der Waals surface area contributed by atoms with Gasteiger partial charge in [-0.15, -0.1) is 0 Å². The highest BCUT2D eigenvalue weighted by Gasteiger charge is 2.06. The first-order chi connectivity index (χ1) is 5.61. The van der Waals surface area contributed by atoms with Crippen molar-refractivity contribution in [1.82, 2.24) is 0 Å². The Morgan fingerprint density at radius 1 is 1.67 bits per heavy atom. The molecule has 0 aliphatic carbocycles. The number of hydrogen-bond donors (Lipinski definition) is 1. The zero-order chi connectivity index (χ0) is 9.56. The van der Waals surface area contributed by atoms with Crippen LogP contribution in [0, 0.1) is 5.92 Å². The van der Waals surface area contributed by atoms with Crippen LogP contribution in [0.3, 0.4) is 0 Å². The molecule has 0 aromatic rings. The summed E-state index contributed by atoms with van der Waals surface area (Å²) in [5, 5.41) is 0. The van der Waals surface area contributed by atoms with Crippen LogP contribution >= 0.6 is 0 Å². The van der Waals surface area contributed by atoms with Crippen molar-refractivity contribution < 1.29 is 9.53 Å². The first kappa shape index (κ1) is 11.2. The maximum Gasteiger partial charge on any atom is 0.330 e. The molecule has 0 bridgehead atoms. The molecule has 0 rings (SSSR count). The third kappa shape index (κ3) is 4.13. The standard InChI is InChI=1S/C9H17NO2/c1-4-7(2)8(10)5-6-9(11)12-3/h5-8H,4,10H2,1-3H3. The summed E-state index contributed by atoms with van der Waals surface area (Å²) < 4.78 is 4.43. The molecule has 0 fully saturated rings. The fraction of sp³-hybridized carbons (Fsp3) is 0.667. The Morgan fingerprint density at radius 3 is 2.67 bits per heavy atom. The molecule has 0 aromatic carbocycles. The van der Waals surface area contributed by atoms with Crippen molar-refractivity contribution >= 4 is 5.97 Å². The molecule has 0 aliphatic heterocycles. The molecule has 2 atom stereocenters. The quantitative estimate of drug-likeness (QED) is 0.509. The van der Waals surface area contributed by atoms with E-state index in [0.29, 0.717) is 5.92 Å². The van der Waals surface area contributed by atoms with Crippen molar-refractivity contribution in [3.63, 3.8) is 0 Å². The number of esters is 1. The molecule has 0 amide bonds. The lowest BCUT2D eigenvalue weighted by molar-refractivity contribution is -0.134. The first-order valence-corrected chi connectivity index (χ1v) is 4.13. The van der Waals surface area contributed by atoms with Crippen molar-refractivity contribution in [3.8, 4) is 0 Å². The minimum Gasteiger partial charge on any atom is -0.466 e. The van der Waals surface area contributed by atoms with Gasteiger partial charge in [-0.25, -0.2) is 4.79 Å². The van der Waals surface area contributed by atoms with Crippen molar-refractivity contribution in [2.24, 2.45) is 11.7 Å². The normalized spacial score (nSPS) is 16.0. The van der Waals surface area contributed by atoms with Crippen LogP contribution in [0.5, 0.6) is 0 Å². The van der Waals surface area contributed by atoms with E-state index in [2.05, 4.69) is 11.7 Å².